The zero-order chi connectivity index (χ0) is 13.3. The van der Waals surface area contributed by atoms with Crippen LogP contribution in [0.25, 0.3) is 0 Å². The Morgan fingerprint density at radius 2 is 2.00 bits per heavy atom. The molecular weight excluding hydrogens is 246 g/mol. The van der Waals surface area contributed by atoms with Crippen LogP contribution in [0.4, 0.5) is 5.69 Å². The summed E-state index contributed by atoms with van der Waals surface area (Å²) in [7, 11) is 0. The molecule has 4 heteroatoms. The number of thioether (sulfide) groups is 1. The maximum atomic E-state index is 12.2. The van der Waals surface area contributed by atoms with Crippen LogP contribution >= 0.6 is 11.8 Å². The van der Waals surface area contributed by atoms with Crippen molar-refractivity contribution in [2.45, 2.75) is 32.4 Å². The number of hydrogen-bond donors (Lipinski definition) is 0. The first kappa shape index (κ1) is 13.1. The Hall–Kier alpha value is -1.29. The summed E-state index contributed by atoms with van der Waals surface area (Å²) in [6, 6.07) is 5.70. The zero-order valence-electron chi connectivity index (χ0n) is 10.9. The number of hydrogen-bond acceptors (Lipinski definition) is 3. The second-order valence-corrected chi connectivity index (χ2v) is 5.96. The molecule has 1 fully saturated rings. The molecule has 1 saturated heterocycles. The van der Waals surface area contributed by atoms with Crippen LogP contribution < -0.4 is 4.90 Å². The summed E-state index contributed by atoms with van der Waals surface area (Å²) in [5, 5.41) is -0.205. The van der Waals surface area contributed by atoms with E-state index in [2.05, 4.69) is 0 Å². The highest BCUT2D eigenvalue weighted by Gasteiger charge is 2.39. The van der Waals surface area contributed by atoms with Crippen LogP contribution in [0, 0.1) is 13.8 Å². The predicted molar refractivity (Wildman–Crippen MR) is 74.9 cm³/mol. The van der Waals surface area contributed by atoms with Gasteiger partial charge in [-0.25, -0.2) is 4.90 Å². The maximum Gasteiger partial charge on any atom is 0.247 e. The molecule has 1 heterocycles. The SMILES string of the molecule is CCS[C@H]1CC(=O)N(c2ccc(C)c(C)c2)C1=O. The molecule has 1 aliphatic rings. The molecule has 1 aliphatic heterocycles. The molecule has 0 saturated carbocycles. The van der Waals surface area contributed by atoms with Gasteiger partial charge in [0.2, 0.25) is 11.8 Å². The van der Waals surface area contributed by atoms with E-state index < -0.39 is 0 Å². The normalized spacial score (nSPS) is 19.7. The molecular formula is C14H17NO2S. The van der Waals surface area contributed by atoms with E-state index in [1.54, 1.807) is 11.8 Å². The van der Waals surface area contributed by atoms with Crippen molar-refractivity contribution in [1.29, 1.82) is 0 Å². The Labute approximate surface area is 112 Å². The zero-order valence-corrected chi connectivity index (χ0v) is 11.7. The number of rotatable bonds is 3. The number of carbonyl (C=O) groups excluding carboxylic acids is 2. The first-order valence-electron chi connectivity index (χ1n) is 6.10. The van der Waals surface area contributed by atoms with Gasteiger partial charge in [0.25, 0.3) is 0 Å². The Kier molecular flexibility index (Phi) is 3.76. The Morgan fingerprint density at radius 3 is 2.61 bits per heavy atom. The van der Waals surface area contributed by atoms with E-state index >= 15 is 0 Å². The molecule has 1 aromatic carbocycles. The molecule has 0 aromatic heterocycles. The van der Waals surface area contributed by atoms with Crippen LogP contribution in [-0.2, 0) is 9.59 Å². The van der Waals surface area contributed by atoms with Crippen molar-refractivity contribution < 1.29 is 9.59 Å². The van der Waals surface area contributed by atoms with Crippen molar-refractivity contribution >= 4 is 29.3 Å². The van der Waals surface area contributed by atoms with Crippen LogP contribution in [0.2, 0.25) is 0 Å². The standard InChI is InChI=1S/C14H17NO2S/c1-4-18-12-8-13(16)15(14(12)17)11-6-5-9(2)10(3)7-11/h5-7,12H,4,8H2,1-3H3/t12-/m0/s1. The van der Waals surface area contributed by atoms with Gasteiger partial charge in [-0.2, -0.15) is 0 Å². The van der Waals surface area contributed by atoms with Gasteiger partial charge in [0.05, 0.1) is 10.9 Å². The summed E-state index contributed by atoms with van der Waals surface area (Å²) < 4.78 is 0. The fraction of sp³-hybridized carbons (Fsp3) is 0.429. The number of amides is 2. The highest BCUT2D eigenvalue weighted by atomic mass is 32.2. The number of benzene rings is 1. The molecule has 18 heavy (non-hydrogen) atoms. The molecule has 0 N–H and O–H groups in total. The van der Waals surface area contributed by atoms with E-state index in [9.17, 15) is 9.59 Å². The maximum absolute atomic E-state index is 12.2. The highest BCUT2D eigenvalue weighted by Crippen LogP contribution is 2.30. The van der Waals surface area contributed by atoms with E-state index in [4.69, 9.17) is 0 Å². The van der Waals surface area contributed by atoms with Crippen LogP contribution in [0.1, 0.15) is 24.5 Å². The molecule has 1 atom stereocenters. The van der Waals surface area contributed by atoms with Gasteiger partial charge in [-0.1, -0.05) is 13.0 Å². The topological polar surface area (TPSA) is 37.4 Å². The largest absolute Gasteiger partial charge is 0.274 e. The first-order chi connectivity index (χ1) is 8.54. The van der Waals surface area contributed by atoms with Gasteiger partial charge < -0.3 is 0 Å². The molecule has 0 spiro atoms. The van der Waals surface area contributed by atoms with Crippen molar-refractivity contribution in [3.63, 3.8) is 0 Å². The van der Waals surface area contributed by atoms with E-state index in [-0.39, 0.29) is 17.1 Å². The first-order valence-corrected chi connectivity index (χ1v) is 7.15. The fourth-order valence-electron chi connectivity index (χ4n) is 2.07. The lowest BCUT2D eigenvalue weighted by Gasteiger charge is -2.16. The van der Waals surface area contributed by atoms with Gasteiger partial charge >= 0.3 is 0 Å². The molecule has 0 aliphatic carbocycles. The van der Waals surface area contributed by atoms with E-state index in [0.29, 0.717) is 12.1 Å². The number of carbonyl (C=O) groups is 2. The molecule has 3 nitrogen and oxygen atoms in total. The molecule has 96 valence electrons. The number of imide groups is 1. The van der Waals surface area contributed by atoms with Gasteiger partial charge in [-0.3, -0.25) is 9.59 Å². The van der Waals surface area contributed by atoms with E-state index in [0.717, 1.165) is 16.9 Å². The van der Waals surface area contributed by atoms with Crippen LogP contribution in [-0.4, -0.2) is 22.8 Å². The summed E-state index contributed by atoms with van der Waals surface area (Å²) in [5.41, 5.74) is 2.96. The fourth-order valence-corrected chi connectivity index (χ4v) is 2.98. The van der Waals surface area contributed by atoms with E-state index in [1.807, 2.05) is 39.0 Å². The minimum absolute atomic E-state index is 0.0740. The highest BCUT2D eigenvalue weighted by molar-refractivity contribution is 8.00. The molecule has 0 radical (unpaired) electrons. The third-order valence-corrected chi connectivity index (χ3v) is 4.33. The summed E-state index contributed by atoms with van der Waals surface area (Å²) >= 11 is 1.54. The summed E-state index contributed by atoms with van der Waals surface area (Å²) in [6.45, 7) is 6.01. The molecule has 0 unspecified atom stereocenters. The predicted octanol–water partition coefficient (Wildman–Crippen LogP) is 2.69. The Balaban J connectivity index is 2.30. The minimum Gasteiger partial charge on any atom is -0.274 e. The van der Waals surface area contributed by atoms with Crippen LogP contribution in [0.15, 0.2) is 18.2 Å². The van der Waals surface area contributed by atoms with Gasteiger partial charge in [-0.15, -0.1) is 11.8 Å². The van der Waals surface area contributed by atoms with Gasteiger partial charge in [0.1, 0.15) is 0 Å². The van der Waals surface area contributed by atoms with Crippen molar-refractivity contribution in [3.8, 4) is 0 Å². The lowest BCUT2D eigenvalue weighted by Crippen LogP contribution is -2.31. The Bertz CT molecular complexity index is 499. The lowest BCUT2D eigenvalue weighted by atomic mass is 10.1. The van der Waals surface area contributed by atoms with Crippen molar-refractivity contribution in [1.82, 2.24) is 0 Å². The quantitative estimate of drug-likeness (QED) is 0.787. The van der Waals surface area contributed by atoms with Gasteiger partial charge in [0, 0.05) is 6.42 Å². The molecule has 2 rings (SSSR count). The average Bonchev–Trinajstić information content (AvgIpc) is 2.59. The molecule has 0 bridgehead atoms. The third kappa shape index (κ3) is 2.29. The molecule has 2 amide bonds. The van der Waals surface area contributed by atoms with Crippen molar-refractivity contribution in [3.05, 3.63) is 29.3 Å². The Morgan fingerprint density at radius 1 is 1.28 bits per heavy atom. The monoisotopic (exact) mass is 263 g/mol. The summed E-state index contributed by atoms with van der Waals surface area (Å²) in [5.74, 6) is 0.689. The molecule has 1 aromatic rings. The second kappa shape index (κ2) is 5.14. The summed E-state index contributed by atoms with van der Waals surface area (Å²) in [4.78, 5) is 25.5. The van der Waals surface area contributed by atoms with Gasteiger partial charge in [0.15, 0.2) is 0 Å². The minimum atomic E-state index is -0.205. The number of aryl methyl sites for hydroxylation is 2. The summed E-state index contributed by atoms with van der Waals surface area (Å²) in [6.07, 6.45) is 0.324. The average molecular weight is 263 g/mol. The van der Waals surface area contributed by atoms with Crippen molar-refractivity contribution in [2.24, 2.45) is 0 Å². The van der Waals surface area contributed by atoms with Gasteiger partial charge in [-0.05, 0) is 42.9 Å². The van der Waals surface area contributed by atoms with Crippen LogP contribution in [0.5, 0.6) is 0 Å². The van der Waals surface area contributed by atoms with Crippen LogP contribution in [0.3, 0.4) is 0 Å². The number of anilines is 1. The third-order valence-electron chi connectivity index (χ3n) is 3.22. The smallest absolute Gasteiger partial charge is 0.247 e. The van der Waals surface area contributed by atoms with E-state index in [1.165, 1.54) is 4.90 Å². The second-order valence-electron chi connectivity index (χ2n) is 4.48. The number of nitrogens with zero attached hydrogens (tertiary/aromatic N) is 1. The lowest BCUT2D eigenvalue weighted by molar-refractivity contribution is -0.121. The van der Waals surface area contributed by atoms with Crippen molar-refractivity contribution in [2.75, 3.05) is 10.7 Å².